The second kappa shape index (κ2) is 9.53. The van der Waals surface area contributed by atoms with Crippen molar-refractivity contribution in [3.63, 3.8) is 0 Å². The molecule has 2 aromatic heterocycles. The van der Waals surface area contributed by atoms with Crippen LogP contribution in [0, 0.1) is 5.82 Å². The number of halogens is 4. The first kappa shape index (κ1) is 24.7. The predicted molar refractivity (Wildman–Crippen MR) is 113 cm³/mol. The van der Waals surface area contributed by atoms with E-state index in [4.69, 9.17) is 0 Å². The molecule has 0 amide bonds. The van der Waals surface area contributed by atoms with Crippen molar-refractivity contribution in [2.45, 2.75) is 51.5 Å². The van der Waals surface area contributed by atoms with Crippen molar-refractivity contribution in [1.82, 2.24) is 24.6 Å². The fourth-order valence-corrected chi connectivity index (χ4v) is 5.09. The van der Waals surface area contributed by atoms with E-state index < -0.39 is 38.3 Å². The van der Waals surface area contributed by atoms with Gasteiger partial charge in [-0.25, -0.2) is 32.1 Å². The Morgan fingerprint density at radius 3 is 2.47 bits per heavy atom. The van der Waals surface area contributed by atoms with E-state index in [-0.39, 0.29) is 29.6 Å². The summed E-state index contributed by atoms with van der Waals surface area (Å²) < 4.78 is 79.8. The molecule has 0 aliphatic carbocycles. The third-order valence-corrected chi connectivity index (χ3v) is 7.18. The van der Waals surface area contributed by atoms with Crippen molar-refractivity contribution in [3.8, 4) is 10.6 Å². The molecule has 0 aromatic carbocycles. The molecule has 0 unspecified atom stereocenters. The molecule has 1 saturated heterocycles. The summed E-state index contributed by atoms with van der Waals surface area (Å²) in [6.07, 6.45) is -1.90. The quantitative estimate of drug-likeness (QED) is 0.568. The van der Waals surface area contributed by atoms with Crippen LogP contribution in [0.3, 0.4) is 0 Å². The summed E-state index contributed by atoms with van der Waals surface area (Å²) in [7, 11) is -3.29. The van der Waals surface area contributed by atoms with Gasteiger partial charge in [-0.2, -0.15) is 13.2 Å². The molecule has 2 N–H and O–H groups in total. The van der Waals surface area contributed by atoms with Crippen molar-refractivity contribution < 1.29 is 26.0 Å². The number of hydrogen-bond acceptors (Lipinski definition) is 8. The van der Waals surface area contributed by atoms with Gasteiger partial charge in [0, 0.05) is 31.7 Å². The zero-order valence-electron chi connectivity index (χ0n) is 17.7. The van der Waals surface area contributed by atoms with Gasteiger partial charge in [0.15, 0.2) is 11.5 Å². The lowest BCUT2D eigenvalue weighted by atomic mass is 10.1. The zero-order valence-corrected chi connectivity index (χ0v) is 19.3. The number of aromatic nitrogens is 3. The van der Waals surface area contributed by atoms with Gasteiger partial charge in [0.2, 0.25) is 16.0 Å². The minimum atomic E-state index is -4.77. The minimum Gasteiger partial charge on any atom is -0.351 e. The molecule has 1 aliphatic rings. The summed E-state index contributed by atoms with van der Waals surface area (Å²) in [5.74, 6) is -1.01. The fourth-order valence-electron chi connectivity index (χ4n) is 3.19. The average Bonchev–Trinajstić information content (AvgIpc) is 3.12. The van der Waals surface area contributed by atoms with Crippen LogP contribution in [-0.2, 0) is 22.7 Å². The van der Waals surface area contributed by atoms with E-state index in [0.717, 1.165) is 23.8 Å². The third kappa shape index (κ3) is 6.11. The number of hydrogen-bond donors (Lipinski definition) is 2. The molecule has 0 radical (unpaired) electrons. The van der Waals surface area contributed by atoms with Crippen LogP contribution in [0.25, 0.3) is 10.6 Å². The summed E-state index contributed by atoms with van der Waals surface area (Å²) >= 11 is 0.728. The van der Waals surface area contributed by atoms with Crippen molar-refractivity contribution in [2.75, 3.05) is 24.7 Å². The molecular formula is C18H24F4N6O2S2. The molecule has 3 rings (SSSR count). The van der Waals surface area contributed by atoms with Crippen LogP contribution in [0.2, 0.25) is 0 Å². The highest BCUT2D eigenvalue weighted by Crippen LogP contribution is 2.40. The molecule has 0 bridgehead atoms. The maximum Gasteiger partial charge on any atom is 0.434 e. The molecule has 1 aliphatic heterocycles. The van der Waals surface area contributed by atoms with Gasteiger partial charge in [0.05, 0.1) is 17.3 Å². The van der Waals surface area contributed by atoms with Gasteiger partial charge in [-0.15, -0.1) is 11.3 Å². The van der Waals surface area contributed by atoms with Crippen LogP contribution in [-0.4, -0.2) is 59.1 Å². The summed E-state index contributed by atoms with van der Waals surface area (Å²) in [6, 6.07) is -0.155. The predicted octanol–water partition coefficient (Wildman–Crippen LogP) is 3.09. The Bertz CT molecular complexity index is 1050. The summed E-state index contributed by atoms with van der Waals surface area (Å²) in [6.45, 7) is 4.40. The molecule has 8 nitrogen and oxygen atoms in total. The summed E-state index contributed by atoms with van der Waals surface area (Å²) in [5, 5.41) is 6.14. The third-order valence-electron chi connectivity index (χ3n) is 4.82. The summed E-state index contributed by atoms with van der Waals surface area (Å²) in [5.41, 5.74) is -1.66. The van der Waals surface area contributed by atoms with Crippen molar-refractivity contribution in [1.29, 1.82) is 0 Å². The van der Waals surface area contributed by atoms with E-state index in [1.54, 1.807) is 0 Å². The highest BCUT2D eigenvalue weighted by Gasteiger charge is 2.39. The van der Waals surface area contributed by atoms with Crippen molar-refractivity contribution in [3.05, 3.63) is 22.7 Å². The highest BCUT2D eigenvalue weighted by molar-refractivity contribution is 7.88. The number of thiazole rings is 1. The van der Waals surface area contributed by atoms with Gasteiger partial charge in [-0.1, -0.05) is 13.8 Å². The SMILES string of the molecule is CC(C)NCc1nc(C(F)(F)F)c(-c2nc(NC3CCN(S(C)(=O)=O)CC3)ncc2F)s1. The van der Waals surface area contributed by atoms with Gasteiger partial charge < -0.3 is 10.6 Å². The van der Waals surface area contributed by atoms with Gasteiger partial charge in [-0.3, -0.25) is 0 Å². The van der Waals surface area contributed by atoms with Gasteiger partial charge in [-0.05, 0) is 12.8 Å². The lowest BCUT2D eigenvalue weighted by molar-refractivity contribution is -0.140. The first-order chi connectivity index (χ1) is 14.8. The van der Waals surface area contributed by atoms with Gasteiger partial charge in [0.25, 0.3) is 0 Å². The molecule has 2 aromatic rings. The van der Waals surface area contributed by atoms with E-state index in [9.17, 15) is 26.0 Å². The molecule has 32 heavy (non-hydrogen) atoms. The smallest absolute Gasteiger partial charge is 0.351 e. The molecule has 0 atom stereocenters. The average molecular weight is 497 g/mol. The number of piperidine rings is 1. The van der Waals surface area contributed by atoms with Gasteiger partial charge >= 0.3 is 6.18 Å². The van der Waals surface area contributed by atoms with E-state index >= 15 is 0 Å². The Kier molecular flexibility index (Phi) is 7.37. The number of nitrogens with one attached hydrogen (secondary N) is 2. The minimum absolute atomic E-state index is 0.0254. The van der Waals surface area contributed by atoms with Crippen LogP contribution in [0.15, 0.2) is 6.20 Å². The lowest BCUT2D eigenvalue weighted by Gasteiger charge is -2.30. The standard InChI is InChI=1S/C18H24F4N6O2S2/c1-10(2)23-9-13-26-16(18(20,21)22)15(31-13)14-12(19)8-24-17(27-14)25-11-4-6-28(7-5-11)32(3,29)30/h8,10-11,23H,4-7,9H2,1-3H3,(H,24,25,27). The van der Waals surface area contributed by atoms with Gasteiger partial charge in [0.1, 0.15) is 10.7 Å². The number of nitrogens with zero attached hydrogens (tertiary/aromatic N) is 4. The fraction of sp³-hybridized carbons (Fsp3) is 0.611. The van der Waals surface area contributed by atoms with Crippen LogP contribution < -0.4 is 10.6 Å². The van der Waals surface area contributed by atoms with Crippen LogP contribution in [0.1, 0.15) is 37.4 Å². The first-order valence-corrected chi connectivity index (χ1v) is 12.6. The van der Waals surface area contributed by atoms with Crippen molar-refractivity contribution >= 4 is 27.3 Å². The number of sulfonamides is 1. The van der Waals surface area contributed by atoms with E-state index in [1.165, 1.54) is 4.31 Å². The van der Waals surface area contributed by atoms with Crippen LogP contribution in [0.5, 0.6) is 0 Å². The Morgan fingerprint density at radius 2 is 1.91 bits per heavy atom. The second-order valence-corrected chi connectivity index (χ2v) is 10.9. The Balaban J connectivity index is 1.84. The molecule has 14 heteroatoms. The van der Waals surface area contributed by atoms with Crippen LogP contribution >= 0.6 is 11.3 Å². The molecule has 0 spiro atoms. The topological polar surface area (TPSA) is 100 Å². The Morgan fingerprint density at radius 1 is 1.25 bits per heavy atom. The molecule has 0 saturated carbocycles. The maximum absolute atomic E-state index is 14.5. The van der Waals surface area contributed by atoms with Crippen LogP contribution in [0.4, 0.5) is 23.5 Å². The number of rotatable bonds is 7. The largest absolute Gasteiger partial charge is 0.434 e. The number of anilines is 1. The van der Waals surface area contributed by atoms with E-state index in [1.807, 2.05) is 13.8 Å². The lowest BCUT2D eigenvalue weighted by Crippen LogP contribution is -2.42. The normalized spacial score (nSPS) is 16.6. The first-order valence-electron chi connectivity index (χ1n) is 9.89. The Hall–Kier alpha value is -1.90. The zero-order chi connectivity index (χ0) is 23.7. The van der Waals surface area contributed by atoms with E-state index in [2.05, 4.69) is 25.6 Å². The molecule has 178 valence electrons. The Labute approximate surface area is 187 Å². The second-order valence-electron chi connectivity index (χ2n) is 7.79. The number of alkyl halides is 3. The van der Waals surface area contributed by atoms with Crippen molar-refractivity contribution in [2.24, 2.45) is 0 Å². The molecule has 3 heterocycles. The highest BCUT2D eigenvalue weighted by atomic mass is 32.2. The monoisotopic (exact) mass is 496 g/mol. The maximum atomic E-state index is 14.5. The van der Waals surface area contributed by atoms with E-state index in [0.29, 0.717) is 25.9 Å². The molecule has 1 fully saturated rings. The summed E-state index contributed by atoms with van der Waals surface area (Å²) in [4.78, 5) is 11.1. The molecular weight excluding hydrogens is 472 g/mol.